The van der Waals surface area contributed by atoms with Crippen molar-refractivity contribution in [2.45, 2.75) is 56.5 Å². The van der Waals surface area contributed by atoms with Gasteiger partial charge in [0.1, 0.15) is 6.04 Å². The fourth-order valence-corrected chi connectivity index (χ4v) is 2.63. The number of nitrogens with one attached hydrogen (secondary N) is 2. The van der Waals surface area contributed by atoms with Crippen LogP contribution in [0.15, 0.2) is 0 Å². The van der Waals surface area contributed by atoms with E-state index >= 15 is 0 Å². The number of hydrogen-bond acceptors (Lipinski definition) is 3. The van der Waals surface area contributed by atoms with Gasteiger partial charge in [-0.2, -0.15) is 0 Å². The minimum atomic E-state index is -0.352. The largest absolute Gasteiger partial charge is 0.352 e. The van der Waals surface area contributed by atoms with Gasteiger partial charge in [-0.3, -0.25) is 9.59 Å². The van der Waals surface area contributed by atoms with E-state index in [0.717, 1.165) is 25.7 Å². The predicted octanol–water partition coefficient (Wildman–Crippen LogP) is 0.465. The molecule has 4 N–H and O–H groups in total. The summed E-state index contributed by atoms with van der Waals surface area (Å²) in [7, 11) is 0. The molecule has 2 amide bonds. The molecule has 18 heavy (non-hydrogen) atoms. The maximum absolute atomic E-state index is 11.8. The first-order chi connectivity index (χ1) is 8.09. The van der Waals surface area contributed by atoms with Gasteiger partial charge in [0, 0.05) is 18.5 Å². The summed E-state index contributed by atoms with van der Waals surface area (Å²) in [5, 5.41) is 5.54. The van der Waals surface area contributed by atoms with E-state index in [-0.39, 0.29) is 35.8 Å². The van der Waals surface area contributed by atoms with E-state index < -0.39 is 0 Å². The lowest BCUT2D eigenvalue weighted by Crippen LogP contribution is -2.53. The third-order valence-electron chi connectivity index (χ3n) is 3.78. The Morgan fingerprint density at radius 2 is 2.06 bits per heavy atom. The average molecular weight is 276 g/mol. The highest BCUT2D eigenvalue weighted by Gasteiger charge is 2.31. The van der Waals surface area contributed by atoms with E-state index in [1.165, 1.54) is 6.42 Å². The van der Waals surface area contributed by atoms with Gasteiger partial charge in [0.05, 0.1) is 0 Å². The molecule has 0 spiro atoms. The number of nitrogens with two attached hydrogens (primary N) is 1. The highest BCUT2D eigenvalue weighted by Crippen LogP contribution is 2.25. The number of carbonyl (C=O) groups is 2. The van der Waals surface area contributed by atoms with E-state index in [0.29, 0.717) is 19.4 Å². The summed E-state index contributed by atoms with van der Waals surface area (Å²) in [6, 6.07) is -0.352. The Morgan fingerprint density at radius 1 is 1.39 bits per heavy atom. The van der Waals surface area contributed by atoms with E-state index in [4.69, 9.17) is 5.73 Å². The van der Waals surface area contributed by atoms with Crippen molar-refractivity contribution in [3.8, 4) is 0 Å². The number of carbonyl (C=O) groups excluding carboxylic acids is 2. The molecule has 1 atom stereocenters. The first kappa shape index (κ1) is 15.2. The maximum Gasteiger partial charge on any atom is 0.242 e. The van der Waals surface area contributed by atoms with Crippen molar-refractivity contribution in [1.29, 1.82) is 0 Å². The zero-order chi connectivity index (χ0) is 12.3. The Balaban J connectivity index is 0.00000162. The highest BCUT2D eigenvalue weighted by molar-refractivity contribution is 5.90. The summed E-state index contributed by atoms with van der Waals surface area (Å²) in [4.78, 5) is 22.8. The average Bonchev–Trinajstić information content (AvgIpc) is 2.74. The third kappa shape index (κ3) is 3.85. The molecule has 1 heterocycles. The van der Waals surface area contributed by atoms with Crippen LogP contribution in [0.5, 0.6) is 0 Å². The number of hydrogen-bond donors (Lipinski definition) is 3. The van der Waals surface area contributed by atoms with Gasteiger partial charge in [-0.05, 0) is 19.3 Å². The Labute approximate surface area is 114 Å². The summed E-state index contributed by atoms with van der Waals surface area (Å²) < 4.78 is 0. The molecule has 104 valence electrons. The first-order valence-electron chi connectivity index (χ1n) is 6.45. The van der Waals surface area contributed by atoms with Crippen LogP contribution in [0.25, 0.3) is 0 Å². The molecule has 0 radical (unpaired) electrons. The van der Waals surface area contributed by atoms with Crippen LogP contribution >= 0.6 is 12.4 Å². The fraction of sp³-hybridized carbons (Fsp3) is 0.833. The monoisotopic (exact) mass is 275 g/mol. The molecule has 2 rings (SSSR count). The van der Waals surface area contributed by atoms with Gasteiger partial charge in [0.2, 0.25) is 11.8 Å². The summed E-state index contributed by atoms with van der Waals surface area (Å²) in [5.74, 6) is -0.128. The van der Waals surface area contributed by atoms with Gasteiger partial charge in [0.25, 0.3) is 0 Å². The lowest BCUT2D eigenvalue weighted by atomic mass is 9.82. The van der Waals surface area contributed by atoms with Crippen molar-refractivity contribution in [1.82, 2.24) is 10.6 Å². The Hall–Kier alpha value is -0.810. The molecule has 1 aliphatic heterocycles. The first-order valence-corrected chi connectivity index (χ1v) is 6.45. The van der Waals surface area contributed by atoms with Gasteiger partial charge in [0.15, 0.2) is 0 Å². The predicted molar refractivity (Wildman–Crippen MR) is 71.4 cm³/mol. The van der Waals surface area contributed by atoms with Crippen LogP contribution in [0.2, 0.25) is 0 Å². The van der Waals surface area contributed by atoms with Gasteiger partial charge in [-0.1, -0.05) is 19.3 Å². The van der Waals surface area contributed by atoms with E-state index in [2.05, 4.69) is 10.6 Å². The normalized spacial score (nSPS) is 26.1. The molecule has 1 aliphatic carbocycles. The smallest absolute Gasteiger partial charge is 0.242 e. The van der Waals surface area contributed by atoms with Crippen LogP contribution in [0.3, 0.4) is 0 Å². The number of rotatable bonds is 3. The second-order valence-electron chi connectivity index (χ2n) is 5.30. The summed E-state index contributed by atoms with van der Waals surface area (Å²) >= 11 is 0. The molecule has 0 aromatic carbocycles. The Bertz CT molecular complexity index is 316. The molecule has 1 saturated carbocycles. The van der Waals surface area contributed by atoms with Crippen LogP contribution in [-0.4, -0.2) is 29.9 Å². The van der Waals surface area contributed by atoms with Crippen molar-refractivity contribution in [2.75, 3.05) is 6.54 Å². The minimum absolute atomic E-state index is 0. The summed E-state index contributed by atoms with van der Waals surface area (Å²) in [6.07, 6.45) is 6.54. The third-order valence-corrected chi connectivity index (χ3v) is 3.78. The molecule has 0 aromatic heterocycles. The molecule has 1 unspecified atom stereocenters. The molecule has 2 fully saturated rings. The van der Waals surface area contributed by atoms with E-state index in [9.17, 15) is 9.59 Å². The maximum atomic E-state index is 11.8. The van der Waals surface area contributed by atoms with Crippen LogP contribution in [-0.2, 0) is 9.59 Å². The van der Waals surface area contributed by atoms with Crippen LogP contribution in [0.4, 0.5) is 0 Å². The van der Waals surface area contributed by atoms with Crippen LogP contribution in [0.1, 0.15) is 44.9 Å². The quantitative estimate of drug-likeness (QED) is 0.700. The van der Waals surface area contributed by atoms with Crippen LogP contribution in [0, 0.1) is 0 Å². The summed E-state index contributed by atoms with van der Waals surface area (Å²) in [5.41, 5.74) is 5.99. The topological polar surface area (TPSA) is 84.2 Å². The Kier molecular flexibility index (Phi) is 5.41. The second-order valence-corrected chi connectivity index (χ2v) is 5.30. The van der Waals surface area contributed by atoms with Crippen molar-refractivity contribution in [3.63, 3.8) is 0 Å². The van der Waals surface area contributed by atoms with Gasteiger partial charge >= 0.3 is 0 Å². The van der Waals surface area contributed by atoms with Crippen molar-refractivity contribution in [2.24, 2.45) is 5.73 Å². The standard InChI is InChI=1S/C12H21N3O2.ClH/c13-12(6-2-1-3-7-12)8-14-11(17)9-4-5-10(16)15-9;/h9H,1-8,13H2,(H,14,17)(H,15,16);1H. The molecular formula is C12H22ClN3O2. The molecular weight excluding hydrogens is 254 g/mol. The molecule has 2 aliphatic rings. The Morgan fingerprint density at radius 3 is 2.61 bits per heavy atom. The van der Waals surface area contributed by atoms with Crippen molar-refractivity contribution in [3.05, 3.63) is 0 Å². The molecule has 0 bridgehead atoms. The second kappa shape index (κ2) is 6.38. The molecule has 1 saturated heterocycles. The summed E-state index contributed by atoms with van der Waals surface area (Å²) in [6.45, 7) is 0.526. The van der Waals surface area contributed by atoms with E-state index in [1.807, 2.05) is 0 Å². The zero-order valence-corrected chi connectivity index (χ0v) is 11.4. The molecule has 0 aromatic rings. The number of amides is 2. The highest BCUT2D eigenvalue weighted by atomic mass is 35.5. The molecule has 5 nitrogen and oxygen atoms in total. The fourth-order valence-electron chi connectivity index (χ4n) is 2.63. The number of halogens is 1. The van der Waals surface area contributed by atoms with Gasteiger partial charge < -0.3 is 16.4 Å². The molecule has 6 heteroatoms. The van der Waals surface area contributed by atoms with Crippen LogP contribution < -0.4 is 16.4 Å². The lowest BCUT2D eigenvalue weighted by Gasteiger charge is -2.33. The van der Waals surface area contributed by atoms with Crippen molar-refractivity contribution >= 4 is 24.2 Å². The van der Waals surface area contributed by atoms with Gasteiger partial charge in [-0.25, -0.2) is 0 Å². The van der Waals surface area contributed by atoms with Gasteiger partial charge in [-0.15, -0.1) is 12.4 Å². The van der Waals surface area contributed by atoms with E-state index in [1.54, 1.807) is 0 Å². The van der Waals surface area contributed by atoms with Crippen molar-refractivity contribution < 1.29 is 9.59 Å². The lowest BCUT2D eigenvalue weighted by molar-refractivity contribution is -0.126. The zero-order valence-electron chi connectivity index (χ0n) is 10.5. The SMILES string of the molecule is Cl.NC1(CNC(=O)C2CCC(=O)N2)CCCCC1. The minimum Gasteiger partial charge on any atom is -0.352 e.